The molecule has 1 atom stereocenters. The van der Waals surface area contributed by atoms with E-state index in [1.54, 1.807) is 17.0 Å². The number of hydrogen-bond donors (Lipinski definition) is 1. The summed E-state index contributed by atoms with van der Waals surface area (Å²) in [6.45, 7) is 2.85. The van der Waals surface area contributed by atoms with Crippen LogP contribution in [0.5, 0.6) is 0 Å². The molecule has 1 aliphatic rings. The molecule has 1 heterocycles. The molecule has 0 saturated carbocycles. The molecule has 0 aromatic heterocycles. The van der Waals surface area contributed by atoms with Gasteiger partial charge in [-0.3, -0.25) is 9.59 Å². The summed E-state index contributed by atoms with van der Waals surface area (Å²) in [6.07, 6.45) is 0.213. The Morgan fingerprint density at radius 1 is 1.25 bits per heavy atom. The van der Waals surface area contributed by atoms with Crippen molar-refractivity contribution in [1.82, 2.24) is 5.32 Å². The maximum absolute atomic E-state index is 12.4. The minimum Gasteiger partial charge on any atom is -0.352 e. The number of anilines is 1. The van der Waals surface area contributed by atoms with Crippen LogP contribution in [0.15, 0.2) is 48.5 Å². The predicted molar refractivity (Wildman–Crippen MR) is 94.9 cm³/mol. The van der Waals surface area contributed by atoms with Gasteiger partial charge in [-0.15, -0.1) is 0 Å². The molecule has 0 radical (unpaired) electrons. The van der Waals surface area contributed by atoms with Crippen molar-refractivity contribution in [3.05, 3.63) is 64.7 Å². The first-order valence-electron chi connectivity index (χ1n) is 7.93. The first kappa shape index (κ1) is 16.5. The Morgan fingerprint density at radius 2 is 2.04 bits per heavy atom. The molecule has 0 unspecified atom stereocenters. The highest BCUT2D eigenvalue weighted by Crippen LogP contribution is 2.31. The number of nitrogens with one attached hydrogen (secondary N) is 1. The van der Waals surface area contributed by atoms with E-state index in [0.717, 1.165) is 11.1 Å². The predicted octanol–water partition coefficient (Wildman–Crippen LogP) is 3.32. The van der Waals surface area contributed by atoms with Crippen molar-refractivity contribution >= 4 is 29.1 Å². The molecule has 24 heavy (non-hydrogen) atoms. The summed E-state index contributed by atoms with van der Waals surface area (Å²) in [6, 6.07) is 15.2. The molecule has 1 fully saturated rings. The minimum absolute atomic E-state index is 0.0706. The highest BCUT2D eigenvalue weighted by molar-refractivity contribution is 6.33. The van der Waals surface area contributed by atoms with Crippen molar-refractivity contribution in [2.75, 3.05) is 11.4 Å². The number of amides is 2. The Kier molecular flexibility index (Phi) is 4.86. The summed E-state index contributed by atoms with van der Waals surface area (Å²) in [7, 11) is 0. The van der Waals surface area contributed by atoms with Crippen molar-refractivity contribution in [3.8, 4) is 0 Å². The number of para-hydroxylation sites is 1. The quantitative estimate of drug-likeness (QED) is 0.926. The summed E-state index contributed by atoms with van der Waals surface area (Å²) < 4.78 is 0. The summed E-state index contributed by atoms with van der Waals surface area (Å²) in [5.74, 6) is -0.517. The van der Waals surface area contributed by atoms with Gasteiger partial charge in [0.1, 0.15) is 0 Å². The van der Waals surface area contributed by atoms with Crippen LogP contribution in [0.25, 0.3) is 0 Å². The minimum atomic E-state index is -0.349. The summed E-state index contributed by atoms with van der Waals surface area (Å²) in [5.41, 5.74) is 2.87. The van der Waals surface area contributed by atoms with Gasteiger partial charge in [0.15, 0.2) is 0 Å². The van der Waals surface area contributed by atoms with E-state index >= 15 is 0 Å². The summed E-state index contributed by atoms with van der Waals surface area (Å²) in [4.78, 5) is 26.2. The molecule has 0 bridgehead atoms. The van der Waals surface area contributed by atoms with Crippen LogP contribution in [0.4, 0.5) is 5.69 Å². The van der Waals surface area contributed by atoms with Gasteiger partial charge in [-0.05, 0) is 24.6 Å². The highest BCUT2D eigenvalue weighted by Gasteiger charge is 2.35. The molecule has 124 valence electrons. The Morgan fingerprint density at radius 3 is 2.79 bits per heavy atom. The lowest BCUT2D eigenvalue weighted by Gasteiger charge is -2.18. The van der Waals surface area contributed by atoms with E-state index in [9.17, 15) is 9.59 Å². The second kappa shape index (κ2) is 7.05. The van der Waals surface area contributed by atoms with Gasteiger partial charge in [0.2, 0.25) is 11.8 Å². The van der Waals surface area contributed by atoms with Crippen LogP contribution in [-0.4, -0.2) is 18.4 Å². The maximum Gasteiger partial charge on any atom is 0.227 e. The third-order valence-corrected chi connectivity index (χ3v) is 4.51. The number of benzene rings is 2. The molecule has 0 aliphatic carbocycles. The van der Waals surface area contributed by atoms with Crippen molar-refractivity contribution in [3.63, 3.8) is 0 Å². The van der Waals surface area contributed by atoms with Crippen molar-refractivity contribution < 1.29 is 9.59 Å². The Bertz CT molecular complexity index is 775. The van der Waals surface area contributed by atoms with E-state index in [1.807, 2.05) is 43.3 Å². The number of aryl methyl sites for hydroxylation is 1. The topological polar surface area (TPSA) is 49.4 Å². The van der Waals surface area contributed by atoms with Crippen molar-refractivity contribution in [2.24, 2.45) is 5.92 Å². The lowest BCUT2D eigenvalue weighted by molar-refractivity contribution is -0.126. The van der Waals surface area contributed by atoms with Gasteiger partial charge in [-0.1, -0.05) is 53.6 Å². The highest BCUT2D eigenvalue weighted by atomic mass is 35.5. The zero-order valence-electron chi connectivity index (χ0n) is 13.5. The third-order valence-electron chi connectivity index (χ3n) is 4.19. The van der Waals surface area contributed by atoms with Gasteiger partial charge in [0.25, 0.3) is 0 Å². The normalized spacial score (nSPS) is 17.2. The van der Waals surface area contributed by atoms with Crippen LogP contribution < -0.4 is 10.2 Å². The number of rotatable bonds is 4. The number of hydrogen-bond acceptors (Lipinski definition) is 2. The Hall–Kier alpha value is -2.33. The average molecular weight is 343 g/mol. The Labute approximate surface area is 146 Å². The molecule has 1 saturated heterocycles. The first-order chi connectivity index (χ1) is 11.5. The average Bonchev–Trinajstić information content (AvgIpc) is 2.95. The van der Waals surface area contributed by atoms with Crippen LogP contribution in [0.3, 0.4) is 0 Å². The van der Waals surface area contributed by atoms with Gasteiger partial charge in [-0.25, -0.2) is 0 Å². The fourth-order valence-corrected chi connectivity index (χ4v) is 3.18. The second-order valence-electron chi connectivity index (χ2n) is 6.06. The SMILES string of the molecule is Cc1cccc(CNC(=O)[C@H]2CC(=O)N(c3ccccc3Cl)C2)c1. The van der Waals surface area contributed by atoms with E-state index in [4.69, 9.17) is 11.6 Å². The van der Waals surface area contributed by atoms with Crippen molar-refractivity contribution in [2.45, 2.75) is 19.9 Å². The Balaban J connectivity index is 1.63. The zero-order chi connectivity index (χ0) is 17.1. The van der Waals surface area contributed by atoms with Crippen LogP contribution in [0.1, 0.15) is 17.5 Å². The first-order valence-corrected chi connectivity index (χ1v) is 8.30. The molecular weight excluding hydrogens is 324 g/mol. The maximum atomic E-state index is 12.4. The smallest absolute Gasteiger partial charge is 0.227 e. The van der Waals surface area contributed by atoms with Crippen LogP contribution in [0.2, 0.25) is 5.02 Å². The molecule has 4 nitrogen and oxygen atoms in total. The molecule has 1 N–H and O–H groups in total. The van der Waals surface area contributed by atoms with E-state index in [0.29, 0.717) is 23.8 Å². The second-order valence-corrected chi connectivity index (χ2v) is 6.47. The monoisotopic (exact) mass is 342 g/mol. The van der Waals surface area contributed by atoms with Gasteiger partial charge in [0, 0.05) is 19.5 Å². The van der Waals surface area contributed by atoms with Crippen LogP contribution in [-0.2, 0) is 16.1 Å². The van der Waals surface area contributed by atoms with E-state index < -0.39 is 0 Å². The molecule has 1 aliphatic heterocycles. The van der Waals surface area contributed by atoms with E-state index in [-0.39, 0.29) is 24.2 Å². The van der Waals surface area contributed by atoms with Gasteiger partial charge in [0.05, 0.1) is 16.6 Å². The fourth-order valence-electron chi connectivity index (χ4n) is 2.94. The standard InChI is InChI=1S/C19H19ClN2O2/c1-13-5-4-6-14(9-13)11-21-19(24)15-10-18(23)22(12-15)17-8-3-2-7-16(17)20/h2-9,15H,10-12H2,1H3,(H,21,24)/t15-/m0/s1. The van der Waals surface area contributed by atoms with E-state index in [2.05, 4.69) is 5.32 Å². The fraction of sp³-hybridized carbons (Fsp3) is 0.263. The lowest BCUT2D eigenvalue weighted by atomic mass is 10.1. The molecular formula is C19H19ClN2O2. The molecule has 0 spiro atoms. The number of carbonyl (C=O) groups excluding carboxylic acids is 2. The van der Waals surface area contributed by atoms with E-state index in [1.165, 1.54) is 0 Å². The largest absolute Gasteiger partial charge is 0.352 e. The molecule has 2 amide bonds. The van der Waals surface area contributed by atoms with Crippen molar-refractivity contribution in [1.29, 1.82) is 0 Å². The molecule has 2 aromatic rings. The summed E-state index contributed by atoms with van der Waals surface area (Å²) >= 11 is 6.16. The number of halogens is 1. The van der Waals surface area contributed by atoms with Gasteiger partial charge in [-0.2, -0.15) is 0 Å². The van der Waals surface area contributed by atoms with Crippen LogP contribution in [0, 0.1) is 12.8 Å². The molecule has 5 heteroatoms. The molecule has 2 aromatic carbocycles. The zero-order valence-corrected chi connectivity index (χ0v) is 14.2. The van der Waals surface area contributed by atoms with Crippen LogP contribution >= 0.6 is 11.6 Å². The summed E-state index contributed by atoms with van der Waals surface area (Å²) in [5, 5.41) is 3.44. The molecule has 3 rings (SSSR count). The number of nitrogens with zero attached hydrogens (tertiary/aromatic N) is 1. The van der Waals surface area contributed by atoms with Gasteiger partial charge < -0.3 is 10.2 Å². The lowest BCUT2D eigenvalue weighted by Crippen LogP contribution is -2.32. The van der Waals surface area contributed by atoms with Gasteiger partial charge >= 0.3 is 0 Å². The third kappa shape index (κ3) is 3.60. The number of carbonyl (C=O) groups is 2.